The lowest BCUT2D eigenvalue weighted by molar-refractivity contribution is -0.133. The molecule has 0 spiro atoms. The first-order valence-corrected chi connectivity index (χ1v) is 10.1. The molecule has 0 radical (unpaired) electrons. The van der Waals surface area contributed by atoms with Gasteiger partial charge in [0.1, 0.15) is 10.6 Å². The topological polar surface area (TPSA) is 92.5 Å². The van der Waals surface area contributed by atoms with Crippen LogP contribution in [-0.2, 0) is 14.8 Å². The van der Waals surface area contributed by atoms with Gasteiger partial charge in [-0.2, -0.15) is 0 Å². The summed E-state index contributed by atoms with van der Waals surface area (Å²) in [6.45, 7) is 4.39. The number of hydrogen-bond acceptors (Lipinski definition) is 5. The fourth-order valence-electron chi connectivity index (χ4n) is 4.03. The number of piperidine rings is 1. The zero-order valence-electron chi connectivity index (χ0n) is 14.2. The van der Waals surface area contributed by atoms with Gasteiger partial charge in [-0.25, -0.2) is 13.1 Å². The Labute approximate surface area is 142 Å². The van der Waals surface area contributed by atoms with E-state index in [2.05, 4.69) is 9.88 Å². The molecule has 2 aliphatic rings. The molecule has 134 valence electrons. The van der Waals surface area contributed by atoms with E-state index in [1.54, 1.807) is 13.8 Å². The molecule has 1 amide bonds. The lowest BCUT2D eigenvalue weighted by atomic mass is 9.75. The van der Waals surface area contributed by atoms with Crippen molar-refractivity contribution in [3.8, 4) is 0 Å². The Morgan fingerprint density at radius 3 is 2.62 bits per heavy atom. The van der Waals surface area contributed by atoms with Crippen LogP contribution in [0.4, 0.5) is 0 Å². The summed E-state index contributed by atoms with van der Waals surface area (Å²) in [5, 5.41) is 3.66. The molecule has 1 aromatic heterocycles. The summed E-state index contributed by atoms with van der Waals surface area (Å²) in [5.74, 6) is 1.39. The first kappa shape index (κ1) is 17.4. The fraction of sp³-hybridized carbons (Fsp3) is 0.750. The molecule has 1 aliphatic heterocycles. The smallest absolute Gasteiger partial charge is 0.246 e. The van der Waals surface area contributed by atoms with Crippen LogP contribution in [0.2, 0.25) is 0 Å². The van der Waals surface area contributed by atoms with E-state index in [9.17, 15) is 13.2 Å². The molecule has 2 heterocycles. The number of rotatable bonds is 4. The third-order valence-corrected chi connectivity index (χ3v) is 6.94. The van der Waals surface area contributed by atoms with E-state index in [1.807, 2.05) is 4.90 Å². The number of nitrogens with one attached hydrogen (secondary N) is 1. The lowest BCUT2D eigenvalue weighted by Crippen LogP contribution is -2.48. The van der Waals surface area contributed by atoms with Crippen LogP contribution in [0.1, 0.15) is 43.6 Å². The second-order valence-corrected chi connectivity index (χ2v) is 8.61. The van der Waals surface area contributed by atoms with Crippen LogP contribution < -0.4 is 4.72 Å². The highest BCUT2D eigenvalue weighted by molar-refractivity contribution is 7.89. The average molecular weight is 355 g/mol. The molecule has 8 heteroatoms. The Bertz CT molecular complexity index is 693. The van der Waals surface area contributed by atoms with Gasteiger partial charge in [-0.05, 0) is 38.5 Å². The summed E-state index contributed by atoms with van der Waals surface area (Å²) in [6, 6.07) is 0. The van der Waals surface area contributed by atoms with Crippen molar-refractivity contribution in [2.75, 3.05) is 19.6 Å². The highest BCUT2D eigenvalue weighted by Crippen LogP contribution is 2.36. The second-order valence-electron chi connectivity index (χ2n) is 6.91. The van der Waals surface area contributed by atoms with Crippen LogP contribution in [0.15, 0.2) is 9.42 Å². The van der Waals surface area contributed by atoms with E-state index < -0.39 is 10.0 Å². The standard InChI is InChI=1S/C16H25N3O4S/c1-11-16(12(2)23-18-11)24(21,22)17-9-15(20)19-8-7-13-5-3-4-6-14(13)10-19/h13-14,17H,3-10H2,1-2H3/t13-,14-/m0/s1. The number of carbonyl (C=O) groups is 1. The monoisotopic (exact) mass is 355 g/mol. The van der Waals surface area contributed by atoms with Crippen LogP contribution in [0.25, 0.3) is 0 Å². The SMILES string of the molecule is Cc1noc(C)c1S(=O)(=O)NCC(=O)N1CC[C@@H]2CCCC[C@H]2C1. The predicted octanol–water partition coefficient (Wildman–Crippen LogP) is 1.61. The number of nitrogens with zero attached hydrogens (tertiary/aromatic N) is 2. The van der Waals surface area contributed by atoms with E-state index in [4.69, 9.17) is 4.52 Å². The van der Waals surface area contributed by atoms with Crippen molar-refractivity contribution in [3.63, 3.8) is 0 Å². The Kier molecular flexibility index (Phi) is 4.96. The molecule has 1 aliphatic carbocycles. The third-order valence-electron chi connectivity index (χ3n) is 5.29. The van der Waals surface area contributed by atoms with Crippen LogP contribution in [-0.4, -0.2) is 44.0 Å². The van der Waals surface area contributed by atoms with Gasteiger partial charge in [0.2, 0.25) is 15.9 Å². The maximum Gasteiger partial charge on any atom is 0.246 e. The van der Waals surface area contributed by atoms with Crippen molar-refractivity contribution in [2.24, 2.45) is 11.8 Å². The van der Waals surface area contributed by atoms with Gasteiger partial charge in [0, 0.05) is 13.1 Å². The van der Waals surface area contributed by atoms with Crippen LogP contribution in [0.5, 0.6) is 0 Å². The number of aromatic nitrogens is 1. The zero-order valence-corrected chi connectivity index (χ0v) is 15.1. The largest absolute Gasteiger partial charge is 0.360 e. The van der Waals surface area contributed by atoms with Crippen molar-refractivity contribution in [3.05, 3.63) is 11.5 Å². The summed E-state index contributed by atoms with van der Waals surface area (Å²) in [4.78, 5) is 14.3. The second kappa shape index (κ2) is 6.84. The van der Waals surface area contributed by atoms with Crippen LogP contribution in [0.3, 0.4) is 0 Å². The summed E-state index contributed by atoms with van der Waals surface area (Å²) in [7, 11) is -3.79. The number of fused-ring (bicyclic) bond motifs is 1. The van der Waals surface area contributed by atoms with E-state index in [-0.39, 0.29) is 23.1 Å². The molecule has 24 heavy (non-hydrogen) atoms. The minimum absolute atomic E-state index is 0.0290. The molecule has 2 atom stereocenters. The summed E-state index contributed by atoms with van der Waals surface area (Å²) in [6.07, 6.45) is 6.02. The van der Waals surface area contributed by atoms with Crippen molar-refractivity contribution in [2.45, 2.75) is 50.8 Å². The molecule has 1 N–H and O–H groups in total. The fourth-order valence-corrected chi connectivity index (χ4v) is 5.33. The Hall–Kier alpha value is -1.41. The Balaban J connectivity index is 1.59. The summed E-state index contributed by atoms with van der Waals surface area (Å²) >= 11 is 0. The first-order valence-electron chi connectivity index (χ1n) is 8.59. The average Bonchev–Trinajstić information content (AvgIpc) is 2.91. The summed E-state index contributed by atoms with van der Waals surface area (Å²) < 4.78 is 32.0. The third kappa shape index (κ3) is 3.49. The summed E-state index contributed by atoms with van der Waals surface area (Å²) in [5.41, 5.74) is 0.301. The van der Waals surface area contributed by atoms with Crippen molar-refractivity contribution < 1.29 is 17.7 Å². The molecule has 0 unspecified atom stereocenters. The Morgan fingerprint density at radius 1 is 1.25 bits per heavy atom. The normalized spacial score (nSPS) is 24.7. The van der Waals surface area contributed by atoms with Gasteiger partial charge in [0.05, 0.1) is 6.54 Å². The molecular weight excluding hydrogens is 330 g/mol. The zero-order chi connectivity index (χ0) is 17.3. The van der Waals surface area contributed by atoms with Crippen molar-refractivity contribution >= 4 is 15.9 Å². The van der Waals surface area contributed by atoms with Gasteiger partial charge in [-0.1, -0.05) is 24.4 Å². The van der Waals surface area contributed by atoms with Gasteiger partial charge in [-0.15, -0.1) is 0 Å². The number of amides is 1. The lowest BCUT2D eigenvalue weighted by Gasteiger charge is -2.41. The minimum Gasteiger partial charge on any atom is -0.360 e. The highest BCUT2D eigenvalue weighted by Gasteiger charge is 2.33. The Morgan fingerprint density at radius 2 is 1.96 bits per heavy atom. The molecule has 2 fully saturated rings. The van der Waals surface area contributed by atoms with Crippen LogP contribution >= 0.6 is 0 Å². The molecule has 1 saturated heterocycles. The molecule has 0 bridgehead atoms. The number of carbonyl (C=O) groups excluding carboxylic acids is 1. The van der Waals surface area contributed by atoms with Gasteiger partial charge in [0.15, 0.2) is 5.76 Å². The molecule has 1 saturated carbocycles. The van der Waals surface area contributed by atoms with Crippen molar-refractivity contribution in [1.29, 1.82) is 0 Å². The number of aryl methyl sites for hydroxylation is 2. The molecule has 1 aromatic rings. The maximum absolute atomic E-state index is 12.4. The number of sulfonamides is 1. The van der Waals surface area contributed by atoms with Gasteiger partial charge < -0.3 is 9.42 Å². The van der Waals surface area contributed by atoms with Crippen LogP contribution in [0, 0.1) is 25.7 Å². The molecule has 7 nitrogen and oxygen atoms in total. The molecular formula is C16H25N3O4S. The van der Waals surface area contributed by atoms with Gasteiger partial charge in [0.25, 0.3) is 0 Å². The predicted molar refractivity (Wildman–Crippen MR) is 87.8 cm³/mol. The van der Waals surface area contributed by atoms with Gasteiger partial charge >= 0.3 is 0 Å². The first-order chi connectivity index (χ1) is 11.4. The van der Waals surface area contributed by atoms with E-state index in [1.165, 1.54) is 25.7 Å². The van der Waals surface area contributed by atoms with E-state index >= 15 is 0 Å². The van der Waals surface area contributed by atoms with E-state index in [0.29, 0.717) is 11.6 Å². The number of hydrogen-bond donors (Lipinski definition) is 1. The molecule has 0 aromatic carbocycles. The number of likely N-dealkylation sites (tertiary alicyclic amines) is 1. The van der Waals surface area contributed by atoms with E-state index in [0.717, 1.165) is 25.4 Å². The quantitative estimate of drug-likeness (QED) is 0.886. The minimum atomic E-state index is -3.79. The maximum atomic E-state index is 12.4. The highest BCUT2D eigenvalue weighted by atomic mass is 32.2. The van der Waals surface area contributed by atoms with Crippen molar-refractivity contribution in [1.82, 2.24) is 14.8 Å². The van der Waals surface area contributed by atoms with Gasteiger partial charge in [-0.3, -0.25) is 4.79 Å². The molecule has 3 rings (SSSR count).